The number of carbonyl (C=O) groups excluding carboxylic acids is 2. The van der Waals surface area contributed by atoms with Gasteiger partial charge in [0.15, 0.2) is 5.78 Å². The van der Waals surface area contributed by atoms with Crippen molar-refractivity contribution in [3.63, 3.8) is 0 Å². The number of nitrogens with one attached hydrogen (secondary N) is 2. The molecule has 0 aromatic heterocycles. The Morgan fingerprint density at radius 1 is 1.00 bits per heavy atom. The van der Waals surface area contributed by atoms with Crippen LogP contribution in [0.5, 0.6) is 11.5 Å². The van der Waals surface area contributed by atoms with Crippen LogP contribution < -0.4 is 25.0 Å². The Labute approximate surface area is 279 Å². The number of hydrogen-bond acceptors (Lipinski definition) is 6. The topological polar surface area (TPSA) is 79.9 Å². The van der Waals surface area contributed by atoms with Crippen molar-refractivity contribution in [2.75, 3.05) is 45.8 Å². The average molecular weight is 636 g/mol. The van der Waals surface area contributed by atoms with Crippen LogP contribution in [-0.4, -0.2) is 53.1 Å². The van der Waals surface area contributed by atoms with E-state index in [1.807, 2.05) is 18.2 Å². The molecule has 2 aliphatic carbocycles. The van der Waals surface area contributed by atoms with Gasteiger partial charge in [-0.05, 0) is 109 Å². The number of ketones is 1. The highest BCUT2D eigenvalue weighted by atomic mass is 16.5. The van der Waals surface area contributed by atoms with E-state index < -0.39 is 0 Å². The zero-order valence-corrected chi connectivity index (χ0v) is 28.3. The zero-order chi connectivity index (χ0) is 33.0. The van der Waals surface area contributed by atoms with E-state index in [2.05, 4.69) is 71.1 Å². The lowest BCUT2D eigenvalue weighted by Crippen LogP contribution is -2.35. The molecule has 248 valence electrons. The summed E-state index contributed by atoms with van der Waals surface area (Å²) in [6, 6.07) is 21.0. The van der Waals surface area contributed by atoms with E-state index in [0.717, 1.165) is 60.7 Å². The minimum Gasteiger partial charge on any atom is -0.497 e. The van der Waals surface area contributed by atoms with E-state index in [0.29, 0.717) is 18.4 Å². The van der Waals surface area contributed by atoms with Crippen LogP contribution in [0, 0.1) is 11.3 Å². The number of ether oxygens (including phenoxy) is 2. The fourth-order valence-electron chi connectivity index (χ4n) is 8.10. The number of fused-ring (bicyclic) bond motifs is 4. The molecule has 0 bridgehead atoms. The van der Waals surface area contributed by atoms with Gasteiger partial charge in [0.1, 0.15) is 11.5 Å². The molecular weight excluding hydrogens is 586 g/mol. The maximum Gasteiger partial charge on any atom is 0.207 e. The normalized spacial score (nSPS) is 22.4. The van der Waals surface area contributed by atoms with Crippen LogP contribution in [-0.2, 0) is 4.79 Å². The maximum absolute atomic E-state index is 12.6. The Morgan fingerprint density at radius 3 is 2.45 bits per heavy atom. The van der Waals surface area contributed by atoms with Gasteiger partial charge >= 0.3 is 0 Å². The second-order valence-electron chi connectivity index (χ2n) is 13.7. The van der Waals surface area contributed by atoms with E-state index in [4.69, 9.17) is 9.47 Å². The van der Waals surface area contributed by atoms with Gasteiger partial charge in [-0.2, -0.15) is 0 Å². The number of anilines is 1. The van der Waals surface area contributed by atoms with Crippen LogP contribution in [0.3, 0.4) is 0 Å². The highest BCUT2D eigenvalue weighted by molar-refractivity contribution is 5.97. The highest BCUT2D eigenvalue weighted by Crippen LogP contribution is 2.63. The predicted molar refractivity (Wildman–Crippen MR) is 189 cm³/mol. The van der Waals surface area contributed by atoms with Gasteiger partial charge in [0.2, 0.25) is 6.41 Å². The first-order valence-corrected chi connectivity index (χ1v) is 17.2. The monoisotopic (exact) mass is 635 g/mol. The smallest absolute Gasteiger partial charge is 0.207 e. The van der Waals surface area contributed by atoms with E-state index in [-0.39, 0.29) is 17.2 Å². The summed E-state index contributed by atoms with van der Waals surface area (Å²) in [4.78, 5) is 26.3. The van der Waals surface area contributed by atoms with Gasteiger partial charge in [0.05, 0.1) is 14.2 Å². The predicted octanol–water partition coefficient (Wildman–Crippen LogP) is 7.42. The van der Waals surface area contributed by atoms with Crippen molar-refractivity contribution < 1.29 is 19.1 Å². The van der Waals surface area contributed by atoms with Crippen molar-refractivity contribution in [2.45, 2.75) is 63.8 Å². The van der Waals surface area contributed by atoms with Gasteiger partial charge < -0.3 is 25.0 Å². The molecule has 2 fully saturated rings. The SMILES string of the molecule is COc1ccc(C(CNC=O)NCCC23CC2c2cc(OC)ccc2/C=C(\C2CCCCC2)c2ccc(C(C)=O)cc2N(C)C3)cc1. The standard InChI is InChI=1S/C40H49N3O4/c1-27(45)30-13-17-34-35(28-8-6-5-7-9-28)20-31-12-16-33(47-4)22-36(31)37-23-40(37,25-43(2)39(34)21-30)18-19-42-38(24-41-26-44)29-10-14-32(46-3)15-11-29/h10-17,20-22,26,28,37-38,42H,5-9,18-19,23-25H2,1-4H3,(H,41,44)/b35-20+. The van der Waals surface area contributed by atoms with E-state index in [1.54, 1.807) is 21.1 Å². The summed E-state index contributed by atoms with van der Waals surface area (Å²) in [5, 5.41) is 6.64. The Kier molecular flexibility index (Phi) is 10.0. The number of Topliss-reactive ketones (excluding diaryl/α,β-unsaturated/α-hetero) is 1. The average Bonchev–Trinajstić information content (AvgIpc) is 3.81. The molecule has 6 rings (SSSR count). The zero-order valence-electron chi connectivity index (χ0n) is 28.3. The van der Waals surface area contributed by atoms with Crippen molar-refractivity contribution in [3.8, 4) is 11.5 Å². The van der Waals surface area contributed by atoms with Gasteiger partial charge in [0, 0.05) is 43.0 Å². The first-order valence-electron chi connectivity index (χ1n) is 17.2. The van der Waals surface area contributed by atoms with Crippen molar-refractivity contribution in [1.82, 2.24) is 10.6 Å². The van der Waals surface area contributed by atoms with E-state index in [1.165, 1.54) is 54.4 Å². The lowest BCUT2D eigenvalue weighted by atomic mass is 9.78. The third kappa shape index (κ3) is 7.10. The summed E-state index contributed by atoms with van der Waals surface area (Å²) >= 11 is 0. The second kappa shape index (κ2) is 14.3. The Bertz CT molecular complexity index is 1610. The number of hydrogen-bond donors (Lipinski definition) is 2. The molecular formula is C40H49N3O4. The van der Waals surface area contributed by atoms with Crippen molar-refractivity contribution in [2.24, 2.45) is 11.3 Å². The van der Waals surface area contributed by atoms with Crippen molar-refractivity contribution in [3.05, 3.63) is 88.5 Å². The summed E-state index contributed by atoms with van der Waals surface area (Å²) in [6.07, 6.45) is 11.5. The number of methoxy groups -OCH3 is 2. The quantitative estimate of drug-likeness (QED) is 0.159. The number of carbonyl (C=O) groups is 2. The van der Waals surface area contributed by atoms with Crippen LogP contribution in [0.15, 0.2) is 60.7 Å². The van der Waals surface area contributed by atoms with E-state index >= 15 is 0 Å². The summed E-state index contributed by atoms with van der Waals surface area (Å²) in [5.41, 5.74) is 8.34. The fourth-order valence-corrected chi connectivity index (χ4v) is 8.10. The molecule has 3 unspecified atom stereocenters. The molecule has 3 atom stereocenters. The van der Waals surface area contributed by atoms with Crippen LogP contribution in [0.2, 0.25) is 0 Å². The number of allylic oxidation sites excluding steroid dienone is 1. The maximum atomic E-state index is 12.6. The van der Waals surface area contributed by atoms with Crippen LogP contribution >= 0.6 is 0 Å². The molecule has 7 heteroatoms. The highest BCUT2D eigenvalue weighted by Gasteiger charge is 2.55. The molecule has 1 heterocycles. The number of amides is 1. The Balaban J connectivity index is 1.37. The van der Waals surface area contributed by atoms with Gasteiger partial charge in [0.25, 0.3) is 0 Å². The first-order chi connectivity index (χ1) is 22.9. The molecule has 0 saturated heterocycles. The molecule has 2 N–H and O–H groups in total. The molecule has 47 heavy (non-hydrogen) atoms. The third-order valence-corrected chi connectivity index (χ3v) is 10.8. The molecule has 3 aliphatic rings. The summed E-state index contributed by atoms with van der Waals surface area (Å²) in [5.74, 6) is 2.67. The van der Waals surface area contributed by atoms with Gasteiger partial charge in [-0.1, -0.05) is 55.7 Å². The van der Waals surface area contributed by atoms with Crippen molar-refractivity contribution >= 4 is 29.5 Å². The van der Waals surface area contributed by atoms with Crippen LogP contribution in [0.25, 0.3) is 11.6 Å². The molecule has 7 nitrogen and oxygen atoms in total. The largest absolute Gasteiger partial charge is 0.497 e. The minimum atomic E-state index is -0.0239. The first kappa shape index (κ1) is 32.8. The van der Waals surface area contributed by atoms with Gasteiger partial charge in [-0.3, -0.25) is 9.59 Å². The molecule has 0 radical (unpaired) electrons. The summed E-state index contributed by atoms with van der Waals surface area (Å²) in [6.45, 7) is 3.83. The van der Waals surface area contributed by atoms with Gasteiger partial charge in [-0.25, -0.2) is 0 Å². The number of rotatable bonds is 12. The third-order valence-electron chi connectivity index (χ3n) is 10.8. The van der Waals surface area contributed by atoms with Crippen molar-refractivity contribution in [1.29, 1.82) is 0 Å². The second-order valence-corrected chi connectivity index (χ2v) is 13.7. The Hall–Kier alpha value is -4.10. The molecule has 2 saturated carbocycles. The summed E-state index contributed by atoms with van der Waals surface area (Å²) in [7, 11) is 5.62. The Morgan fingerprint density at radius 2 is 1.74 bits per heavy atom. The fraction of sp³-hybridized carbons (Fsp3) is 0.450. The minimum absolute atomic E-state index is 0.0239. The molecule has 1 amide bonds. The molecule has 1 aliphatic heterocycles. The number of benzene rings is 3. The lowest BCUT2D eigenvalue weighted by Gasteiger charge is -2.33. The van der Waals surface area contributed by atoms with Crippen LogP contribution in [0.4, 0.5) is 5.69 Å². The van der Waals surface area contributed by atoms with E-state index in [9.17, 15) is 9.59 Å². The molecule has 0 spiro atoms. The number of nitrogens with zero attached hydrogens (tertiary/aromatic N) is 1. The lowest BCUT2D eigenvalue weighted by molar-refractivity contribution is -0.109. The van der Waals surface area contributed by atoms with Gasteiger partial charge in [-0.15, -0.1) is 0 Å². The van der Waals surface area contributed by atoms with Crippen LogP contribution in [0.1, 0.15) is 96.4 Å². The molecule has 3 aromatic carbocycles. The summed E-state index contributed by atoms with van der Waals surface area (Å²) < 4.78 is 11.1. The molecule has 3 aromatic rings.